The van der Waals surface area contributed by atoms with E-state index in [1.54, 1.807) is 36.4 Å². The standard InChI is InChI=1S/C20H14Br2N2O3S/c1-13-7-9-16(10-8-13)28(26,27)24-20(14-5-3-2-4-6-14)23-15-11-17(21)19(25)18(22)12-15/h2-12H,1H3/b24-20+. The molecule has 142 valence electrons. The fourth-order valence-corrected chi connectivity index (χ4v) is 4.46. The van der Waals surface area contributed by atoms with Crippen molar-refractivity contribution < 1.29 is 13.2 Å². The predicted molar refractivity (Wildman–Crippen MR) is 118 cm³/mol. The number of sulfonamides is 1. The maximum Gasteiger partial charge on any atom is 0.284 e. The molecule has 0 unspecified atom stereocenters. The van der Waals surface area contributed by atoms with Crippen molar-refractivity contribution in [1.29, 1.82) is 0 Å². The highest BCUT2D eigenvalue weighted by Crippen LogP contribution is 2.23. The molecule has 5 nitrogen and oxygen atoms in total. The molecule has 0 aromatic heterocycles. The van der Waals surface area contributed by atoms with Crippen molar-refractivity contribution in [2.45, 2.75) is 11.8 Å². The summed E-state index contributed by atoms with van der Waals surface area (Å²) in [6, 6.07) is 15.2. The predicted octanol–water partition coefficient (Wildman–Crippen LogP) is 4.71. The summed E-state index contributed by atoms with van der Waals surface area (Å²) in [4.78, 5) is 16.3. The normalized spacial score (nSPS) is 15.2. The van der Waals surface area contributed by atoms with Crippen LogP contribution in [0.25, 0.3) is 0 Å². The molecule has 2 aromatic rings. The molecule has 0 radical (unpaired) electrons. The number of carbonyl (C=O) groups excluding carboxylic acids is 1. The number of nitrogens with zero attached hydrogens (tertiary/aromatic N) is 2. The Morgan fingerprint density at radius 3 is 2.04 bits per heavy atom. The Balaban J connectivity index is 2.14. The van der Waals surface area contributed by atoms with Gasteiger partial charge in [0.05, 0.1) is 19.6 Å². The smallest absolute Gasteiger partial charge is 0.284 e. The van der Waals surface area contributed by atoms with E-state index in [1.807, 2.05) is 13.0 Å². The Bertz CT molecular complexity index is 1120. The van der Waals surface area contributed by atoms with E-state index < -0.39 is 10.0 Å². The van der Waals surface area contributed by atoms with Crippen LogP contribution in [0.5, 0.6) is 0 Å². The lowest BCUT2D eigenvalue weighted by molar-refractivity contribution is -0.110. The largest absolute Gasteiger partial charge is 0.287 e. The van der Waals surface area contributed by atoms with Gasteiger partial charge in [-0.3, -0.25) is 4.79 Å². The molecular weight excluding hydrogens is 508 g/mol. The van der Waals surface area contributed by atoms with E-state index in [9.17, 15) is 13.2 Å². The second-order valence-corrected chi connectivity index (χ2v) is 9.23. The van der Waals surface area contributed by atoms with Crippen LogP contribution in [0.1, 0.15) is 11.1 Å². The second-order valence-electron chi connectivity index (χ2n) is 5.92. The Morgan fingerprint density at radius 2 is 1.46 bits per heavy atom. The van der Waals surface area contributed by atoms with Crippen LogP contribution in [0.15, 0.2) is 90.0 Å². The third-order valence-corrected chi connectivity index (χ3v) is 6.23. The van der Waals surface area contributed by atoms with Crippen molar-refractivity contribution in [3.05, 3.63) is 86.8 Å². The summed E-state index contributed by atoms with van der Waals surface area (Å²) in [7, 11) is -3.96. The number of aryl methyl sites for hydroxylation is 1. The molecule has 1 aliphatic carbocycles. The number of amidine groups is 1. The molecule has 0 N–H and O–H groups in total. The van der Waals surface area contributed by atoms with Gasteiger partial charge in [0.25, 0.3) is 10.0 Å². The average Bonchev–Trinajstić information content (AvgIpc) is 2.66. The summed E-state index contributed by atoms with van der Waals surface area (Å²) in [6.07, 6.45) is 3.04. The first-order chi connectivity index (χ1) is 13.3. The lowest BCUT2D eigenvalue weighted by Crippen LogP contribution is -2.11. The van der Waals surface area contributed by atoms with Crippen LogP contribution in [0, 0.1) is 6.92 Å². The molecule has 0 heterocycles. The highest BCUT2D eigenvalue weighted by atomic mass is 79.9. The van der Waals surface area contributed by atoms with Crippen LogP contribution in [0.3, 0.4) is 0 Å². The number of rotatable bonds is 3. The highest BCUT2D eigenvalue weighted by molar-refractivity contribution is 9.13. The summed E-state index contributed by atoms with van der Waals surface area (Å²) in [5.74, 6) is -0.192. The number of hydrogen-bond donors (Lipinski definition) is 0. The second kappa shape index (κ2) is 8.46. The van der Waals surface area contributed by atoms with Crippen LogP contribution in [0.2, 0.25) is 0 Å². The molecule has 0 aliphatic heterocycles. The third-order valence-electron chi connectivity index (χ3n) is 3.78. The van der Waals surface area contributed by atoms with Gasteiger partial charge in [-0.1, -0.05) is 48.0 Å². The number of allylic oxidation sites excluding steroid dienone is 4. The maximum atomic E-state index is 12.8. The van der Waals surface area contributed by atoms with Crippen molar-refractivity contribution in [2.24, 2.45) is 9.39 Å². The molecular formula is C20H14Br2N2O3S. The van der Waals surface area contributed by atoms with E-state index in [4.69, 9.17) is 0 Å². The first-order valence-electron chi connectivity index (χ1n) is 8.11. The Kier molecular flexibility index (Phi) is 6.22. The molecule has 0 saturated heterocycles. The third kappa shape index (κ3) is 4.81. The van der Waals surface area contributed by atoms with Crippen molar-refractivity contribution in [1.82, 2.24) is 0 Å². The van der Waals surface area contributed by atoms with Crippen LogP contribution in [0.4, 0.5) is 0 Å². The molecule has 0 spiro atoms. The minimum absolute atomic E-state index is 0.0265. The number of Topliss-reactive ketones (excluding diaryl/α,β-unsaturated/α-hetero) is 1. The Hall–Kier alpha value is -2.16. The summed E-state index contributed by atoms with van der Waals surface area (Å²) in [6.45, 7) is 1.87. The van der Waals surface area contributed by atoms with Gasteiger partial charge in [-0.25, -0.2) is 4.99 Å². The minimum atomic E-state index is -3.96. The van der Waals surface area contributed by atoms with Crippen LogP contribution >= 0.6 is 31.9 Å². The summed E-state index contributed by atoms with van der Waals surface area (Å²) < 4.78 is 30.2. The lowest BCUT2D eigenvalue weighted by atomic mass is 10.1. The Labute approximate surface area is 179 Å². The Morgan fingerprint density at radius 1 is 0.893 bits per heavy atom. The zero-order valence-electron chi connectivity index (χ0n) is 14.6. The molecule has 0 fully saturated rings. The molecule has 0 bridgehead atoms. The van der Waals surface area contributed by atoms with Gasteiger partial charge in [0.1, 0.15) is 0 Å². The fourth-order valence-electron chi connectivity index (χ4n) is 2.34. The molecule has 2 aromatic carbocycles. The SMILES string of the molecule is Cc1ccc(S(=O)(=O)/N=C(/N=C2C=C(Br)C(=O)C(Br)=C2)c2ccccc2)cc1. The van der Waals surface area contributed by atoms with Crippen molar-refractivity contribution in [2.75, 3.05) is 0 Å². The molecule has 0 amide bonds. The fraction of sp³-hybridized carbons (Fsp3) is 0.0500. The quantitative estimate of drug-likeness (QED) is 0.333. The van der Waals surface area contributed by atoms with E-state index in [2.05, 4.69) is 41.3 Å². The van der Waals surface area contributed by atoms with E-state index in [0.29, 0.717) is 20.2 Å². The van der Waals surface area contributed by atoms with E-state index in [1.165, 1.54) is 24.3 Å². The molecule has 0 atom stereocenters. The van der Waals surface area contributed by atoms with Gasteiger partial charge in [0.15, 0.2) is 5.84 Å². The molecule has 28 heavy (non-hydrogen) atoms. The number of halogens is 2. The van der Waals surface area contributed by atoms with Gasteiger partial charge in [0, 0.05) is 5.56 Å². The number of hydrogen-bond acceptors (Lipinski definition) is 3. The van der Waals surface area contributed by atoms with Gasteiger partial charge in [-0.05, 0) is 63.1 Å². The molecule has 3 rings (SSSR count). The van der Waals surface area contributed by atoms with Gasteiger partial charge < -0.3 is 0 Å². The molecule has 0 saturated carbocycles. The van der Waals surface area contributed by atoms with Crippen LogP contribution < -0.4 is 0 Å². The summed E-state index contributed by atoms with van der Waals surface area (Å²) >= 11 is 6.37. The van der Waals surface area contributed by atoms with E-state index >= 15 is 0 Å². The number of carbonyl (C=O) groups is 1. The number of benzene rings is 2. The zero-order chi connectivity index (χ0) is 20.3. The minimum Gasteiger partial charge on any atom is -0.287 e. The van der Waals surface area contributed by atoms with Crippen LogP contribution in [-0.4, -0.2) is 25.7 Å². The van der Waals surface area contributed by atoms with Gasteiger partial charge >= 0.3 is 0 Å². The van der Waals surface area contributed by atoms with Crippen molar-refractivity contribution in [3.8, 4) is 0 Å². The monoisotopic (exact) mass is 520 g/mol. The summed E-state index contributed by atoms with van der Waals surface area (Å²) in [5.41, 5.74) is 1.87. The first-order valence-corrected chi connectivity index (χ1v) is 11.1. The zero-order valence-corrected chi connectivity index (χ0v) is 18.6. The lowest BCUT2D eigenvalue weighted by Gasteiger charge is -2.08. The maximum absolute atomic E-state index is 12.8. The molecule has 8 heteroatoms. The average molecular weight is 522 g/mol. The molecule has 1 aliphatic rings. The van der Waals surface area contributed by atoms with Crippen LogP contribution in [-0.2, 0) is 14.8 Å². The summed E-state index contributed by atoms with van der Waals surface area (Å²) in [5, 5.41) is 0. The van der Waals surface area contributed by atoms with Crippen molar-refractivity contribution >= 4 is 59.2 Å². The first kappa shape index (κ1) is 20.6. The van der Waals surface area contributed by atoms with E-state index in [0.717, 1.165) is 5.56 Å². The van der Waals surface area contributed by atoms with Gasteiger partial charge in [0.2, 0.25) is 5.78 Å². The van der Waals surface area contributed by atoms with Crippen molar-refractivity contribution in [3.63, 3.8) is 0 Å². The van der Waals surface area contributed by atoms with Gasteiger partial charge in [-0.2, -0.15) is 8.42 Å². The number of ketones is 1. The van der Waals surface area contributed by atoms with E-state index in [-0.39, 0.29) is 16.5 Å². The van der Waals surface area contributed by atoms with Gasteiger partial charge in [-0.15, -0.1) is 4.40 Å². The highest BCUT2D eigenvalue weighted by Gasteiger charge is 2.19. The topological polar surface area (TPSA) is 75.9 Å². The number of aliphatic imine (C=N–C) groups is 1.